The van der Waals surface area contributed by atoms with Crippen LogP contribution in [0.5, 0.6) is 0 Å². The molecule has 0 aromatic heterocycles. The molecule has 0 rings (SSSR count). The van der Waals surface area contributed by atoms with E-state index in [1.54, 1.807) is 0 Å². The van der Waals surface area contributed by atoms with E-state index in [9.17, 15) is 4.79 Å². The topological polar surface area (TPSA) is 38.3 Å². The highest BCUT2D eigenvalue weighted by atomic mass is 28.4. The third kappa shape index (κ3) is 7.09. The van der Waals surface area contributed by atoms with Crippen molar-refractivity contribution >= 4 is 14.2 Å². The van der Waals surface area contributed by atoms with E-state index in [1.165, 1.54) is 0 Å². The fraction of sp³-hybridized carbons (Fsp3) is 0.900. The minimum Gasteiger partial charge on any atom is -0.416 e. The molecule has 0 fully saturated rings. The monoisotopic (exact) mass is 217 g/mol. The summed E-state index contributed by atoms with van der Waals surface area (Å²) in [6, 6.07) is 0. The first-order valence-corrected chi connectivity index (χ1v) is 8.69. The zero-order valence-corrected chi connectivity index (χ0v) is 11.0. The first-order valence-electron chi connectivity index (χ1n) is 5.28. The van der Waals surface area contributed by atoms with Crippen molar-refractivity contribution in [3.8, 4) is 0 Å². The fourth-order valence-corrected chi connectivity index (χ4v) is 1.61. The number of nitrogens with one attached hydrogen (secondary N) is 1. The van der Waals surface area contributed by atoms with Gasteiger partial charge in [-0.15, -0.1) is 0 Å². The summed E-state index contributed by atoms with van der Waals surface area (Å²) >= 11 is 0. The Hall–Kier alpha value is -0.353. The van der Waals surface area contributed by atoms with Gasteiger partial charge in [0.2, 0.25) is 5.91 Å². The smallest absolute Gasteiger partial charge is 0.222 e. The average molecular weight is 217 g/mol. The molecular weight excluding hydrogens is 194 g/mol. The van der Waals surface area contributed by atoms with Crippen LogP contribution in [0.1, 0.15) is 20.3 Å². The minimum atomic E-state index is -1.42. The molecule has 0 aromatic rings. The molecule has 1 unspecified atom stereocenters. The Bertz CT molecular complexity index is 177. The predicted molar refractivity (Wildman–Crippen MR) is 61.8 cm³/mol. The second-order valence-corrected chi connectivity index (χ2v) is 9.07. The van der Waals surface area contributed by atoms with Gasteiger partial charge in [0.25, 0.3) is 0 Å². The van der Waals surface area contributed by atoms with E-state index < -0.39 is 8.32 Å². The van der Waals surface area contributed by atoms with Crippen LogP contribution in [0.4, 0.5) is 0 Å². The Morgan fingerprint density at radius 1 is 1.43 bits per heavy atom. The number of amides is 1. The van der Waals surface area contributed by atoms with Crippen molar-refractivity contribution < 1.29 is 9.22 Å². The Balaban J connectivity index is 3.51. The van der Waals surface area contributed by atoms with Gasteiger partial charge in [0.05, 0.1) is 6.61 Å². The van der Waals surface area contributed by atoms with Gasteiger partial charge >= 0.3 is 0 Å². The molecular formula is C10H23NO2Si. The lowest BCUT2D eigenvalue weighted by Gasteiger charge is -2.17. The largest absolute Gasteiger partial charge is 0.416 e. The lowest BCUT2D eigenvalue weighted by molar-refractivity contribution is -0.124. The van der Waals surface area contributed by atoms with Crippen molar-refractivity contribution in [1.82, 2.24) is 5.32 Å². The van der Waals surface area contributed by atoms with Gasteiger partial charge in [-0.25, -0.2) is 0 Å². The quantitative estimate of drug-likeness (QED) is 0.546. The number of hydrogen-bond donors (Lipinski definition) is 1. The van der Waals surface area contributed by atoms with Crippen LogP contribution in [0.15, 0.2) is 0 Å². The standard InChI is InChI=1S/C10H23NO2Si/c1-6-9(2)10(12)11-7-8-13-14(3,4)5/h9H,6-8H2,1-5H3,(H,11,12). The molecule has 0 heterocycles. The molecule has 1 N–H and O–H groups in total. The van der Waals surface area contributed by atoms with Crippen LogP contribution in [0, 0.1) is 5.92 Å². The number of hydrogen-bond acceptors (Lipinski definition) is 2. The normalized spacial score (nSPS) is 13.8. The lowest BCUT2D eigenvalue weighted by Crippen LogP contribution is -2.35. The highest BCUT2D eigenvalue weighted by molar-refractivity contribution is 6.69. The van der Waals surface area contributed by atoms with E-state index in [0.29, 0.717) is 13.2 Å². The average Bonchev–Trinajstić information content (AvgIpc) is 2.09. The van der Waals surface area contributed by atoms with E-state index in [0.717, 1.165) is 6.42 Å². The summed E-state index contributed by atoms with van der Waals surface area (Å²) in [5.41, 5.74) is 0. The van der Waals surface area contributed by atoms with E-state index >= 15 is 0 Å². The maximum Gasteiger partial charge on any atom is 0.222 e. The number of carbonyl (C=O) groups is 1. The Kier molecular flexibility index (Phi) is 6.03. The maximum absolute atomic E-state index is 11.3. The molecule has 0 aromatic carbocycles. The first kappa shape index (κ1) is 13.6. The predicted octanol–water partition coefficient (Wildman–Crippen LogP) is 2.00. The van der Waals surface area contributed by atoms with Gasteiger partial charge in [-0.1, -0.05) is 13.8 Å². The molecule has 1 amide bonds. The zero-order valence-electron chi connectivity index (χ0n) is 10.0. The molecule has 14 heavy (non-hydrogen) atoms. The van der Waals surface area contributed by atoms with Crippen LogP contribution in [0.2, 0.25) is 19.6 Å². The SMILES string of the molecule is CCC(C)C(=O)NCCO[Si](C)(C)C. The molecule has 0 spiro atoms. The van der Waals surface area contributed by atoms with E-state index in [2.05, 4.69) is 25.0 Å². The molecule has 0 aliphatic rings. The van der Waals surface area contributed by atoms with E-state index in [1.807, 2.05) is 13.8 Å². The van der Waals surface area contributed by atoms with Crippen LogP contribution in [-0.2, 0) is 9.22 Å². The van der Waals surface area contributed by atoms with Gasteiger partial charge in [0.15, 0.2) is 8.32 Å². The van der Waals surface area contributed by atoms with E-state index in [-0.39, 0.29) is 11.8 Å². The number of carbonyl (C=O) groups excluding carboxylic acids is 1. The van der Waals surface area contributed by atoms with Gasteiger partial charge in [-0.3, -0.25) is 4.79 Å². The highest BCUT2D eigenvalue weighted by Crippen LogP contribution is 2.02. The van der Waals surface area contributed by atoms with Crippen molar-refractivity contribution in [3.05, 3.63) is 0 Å². The molecule has 0 saturated carbocycles. The second kappa shape index (κ2) is 6.19. The fourth-order valence-electron chi connectivity index (χ4n) is 0.891. The molecule has 0 aliphatic heterocycles. The molecule has 0 bridgehead atoms. The van der Waals surface area contributed by atoms with Crippen molar-refractivity contribution in [2.75, 3.05) is 13.2 Å². The summed E-state index contributed by atoms with van der Waals surface area (Å²) in [6.07, 6.45) is 0.890. The Labute approximate surface area is 88.4 Å². The third-order valence-electron chi connectivity index (χ3n) is 2.00. The Morgan fingerprint density at radius 3 is 2.43 bits per heavy atom. The molecule has 0 saturated heterocycles. The second-order valence-electron chi connectivity index (χ2n) is 4.56. The molecule has 1 atom stereocenters. The molecule has 84 valence electrons. The van der Waals surface area contributed by atoms with Crippen LogP contribution in [0.3, 0.4) is 0 Å². The van der Waals surface area contributed by atoms with Gasteiger partial charge in [-0.2, -0.15) is 0 Å². The van der Waals surface area contributed by atoms with E-state index in [4.69, 9.17) is 4.43 Å². The summed E-state index contributed by atoms with van der Waals surface area (Å²) < 4.78 is 5.62. The molecule has 0 aliphatic carbocycles. The van der Waals surface area contributed by atoms with Crippen LogP contribution in [0.25, 0.3) is 0 Å². The van der Waals surface area contributed by atoms with Gasteiger partial charge < -0.3 is 9.74 Å². The van der Waals surface area contributed by atoms with Crippen molar-refractivity contribution in [2.24, 2.45) is 5.92 Å². The van der Waals surface area contributed by atoms with Crippen molar-refractivity contribution in [2.45, 2.75) is 39.9 Å². The molecule has 4 heteroatoms. The van der Waals surface area contributed by atoms with Crippen LogP contribution >= 0.6 is 0 Å². The summed E-state index contributed by atoms with van der Waals surface area (Å²) in [5, 5.41) is 2.86. The maximum atomic E-state index is 11.3. The summed E-state index contributed by atoms with van der Waals surface area (Å²) in [7, 11) is -1.42. The van der Waals surface area contributed by atoms with Crippen LogP contribution < -0.4 is 5.32 Å². The lowest BCUT2D eigenvalue weighted by atomic mass is 10.1. The van der Waals surface area contributed by atoms with Crippen molar-refractivity contribution in [1.29, 1.82) is 0 Å². The van der Waals surface area contributed by atoms with Crippen molar-refractivity contribution in [3.63, 3.8) is 0 Å². The minimum absolute atomic E-state index is 0.113. The highest BCUT2D eigenvalue weighted by Gasteiger charge is 2.14. The zero-order chi connectivity index (χ0) is 11.2. The van der Waals surface area contributed by atoms with Gasteiger partial charge in [0.1, 0.15) is 0 Å². The Morgan fingerprint density at radius 2 is 2.00 bits per heavy atom. The van der Waals surface area contributed by atoms with Crippen LogP contribution in [-0.4, -0.2) is 27.4 Å². The third-order valence-corrected chi connectivity index (χ3v) is 3.07. The molecule has 3 nitrogen and oxygen atoms in total. The summed E-state index contributed by atoms with van der Waals surface area (Å²) in [5.74, 6) is 0.244. The van der Waals surface area contributed by atoms with Gasteiger partial charge in [-0.05, 0) is 26.1 Å². The molecule has 0 radical (unpaired) electrons. The summed E-state index contributed by atoms with van der Waals surface area (Å²) in [4.78, 5) is 11.3. The number of rotatable bonds is 6. The summed E-state index contributed by atoms with van der Waals surface area (Å²) in [6.45, 7) is 11.7. The first-order chi connectivity index (χ1) is 6.37. The van der Waals surface area contributed by atoms with Gasteiger partial charge in [0, 0.05) is 12.5 Å².